The molecule has 0 bridgehead atoms. The second-order valence-corrected chi connectivity index (χ2v) is 7.12. The van der Waals surface area contributed by atoms with Crippen LogP contribution in [-0.2, 0) is 4.74 Å². The first kappa shape index (κ1) is 21.1. The van der Waals surface area contributed by atoms with Gasteiger partial charge in [-0.2, -0.15) is 4.98 Å². The summed E-state index contributed by atoms with van der Waals surface area (Å²) in [6.45, 7) is 1.77. The Morgan fingerprint density at radius 2 is 2.15 bits per heavy atom. The van der Waals surface area contributed by atoms with Crippen molar-refractivity contribution in [2.75, 3.05) is 24.3 Å². The van der Waals surface area contributed by atoms with E-state index in [1.807, 2.05) is 6.92 Å². The number of rotatable bonds is 9. The van der Waals surface area contributed by atoms with Crippen LogP contribution in [0.2, 0.25) is 5.15 Å². The highest BCUT2D eigenvalue weighted by molar-refractivity contribution is 7.99. The number of nitro groups is 1. The van der Waals surface area contributed by atoms with Gasteiger partial charge in [0.2, 0.25) is 11.0 Å². The summed E-state index contributed by atoms with van der Waals surface area (Å²) in [5, 5.41) is 43.1. The molecule has 1 aliphatic rings. The molecule has 26 heavy (non-hydrogen) atoms. The van der Waals surface area contributed by atoms with Gasteiger partial charge in [0.25, 0.3) is 0 Å². The van der Waals surface area contributed by atoms with Gasteiger partial charge in [0.15, 0.2) is 5.16 Å². The lowest BCUT2D eigenvalue weighted by Gasteiger charge is -2.18. The number of anilines is 1. The zero-order valence-electron chi connectivity index (χ0n) is 14.0. The Bertz CT molecular complexity index is 640. The minimum atomic E-state index is -1.22. The van der Waals surface area contributed by atoms with E-state index in [-0.39, 0.29) is 35.8 Å². The molecule has 0 saturated heterocycles. The lowest BCUT2D eigenvalue weighted by atomic mass is 10.2. The monoisotopic (exact) mass is 408 g/mol. The number of hydrogen-bond acceptors (Lipinski definition) is 10. The van der Waals surface area contributed by atoms with Gasteiger partial charge >= 0.3 is 5.69 Å². The fourth-order valence-corrected chi connectivity index (χ4v) is 3.59. The SMILES string of the molecule is CCCSc1nc(Cl)c([N+](=O)[O-])c(N[C@@H]2C[C@H](OCCO)[C@@H](O)[C@H]2O)n1. The summed E-state index contributed by atoms with van der Waals surface area (Å²) in [7, 11) is 0. The van der Waals surface area contributed by atoms with Crippen molar-refractivity contribution in [2.24, 2.45) is 0 Å². The Kier molecular flexibility index (Phi) is 7.80. The van der Waals surface area contributed by atoms with Crippen LogP contribution in [0.5, 0.6) is 0 Å². The number of thioether (sulfide) groups is 1. The van der Waals surface area contributed by atoms with Crippen molar-refractivity contribution in [3.63, 3.8) is 0 Å². The fourth-order valence-electron chi connectivity index (χ4n) is 2.61. The zero-order valence-corrected chi connectivity index (χ0v) is 15.6. The van der Waals surface area contributed by atoms with Crippen molar-refractivity contribution >= 4 is 34.9 Å². The molecular formula is C14H21ClN4O6S. The molecule has 0 radical (unpaired) electrons. The van der Waals surface area contributed by atoms with E-state index in [2.05, 4.69) is 15.3 Å². The molecule has 1 fully saturated rings. The molecule has 10 nitrogen and oxygen atoms in total. The molecule has 0 aliphatic heterocycles. The van der Waals surface area contributed by atoms with Gasteiger partial charge in [0, 0.05) is 5.75 Å². The van der Waals surface area contributed by atoms with Gasteiger partial charge in [0.05, 0.1) is 30.3 Å². The molecule has 1 aliphatic carbocycles. The van der Waals surface area contributed by atoms with Gasteiger partial charge in [-0.3, -0.25) is 10.1 Å². The number of aromatic nitrogens is 2. The smallest absolute Gasteiger partial charge is 0.348 e. The van der Waals surface area contributed by atoms with Crippen LogP contribution >= 0.6 is 23.4 Å². The predicted molar refractivity (Wildman–Crippen MR) is 95.6 cm³/mol. The van der Waals surface area contributed by atoms with Crippen molar-refractivity contribution in [3.05, 3.63) is 15.3 Å². The van der Waals surface area contributed by atoms with Crippen molar-refractivity contribution in [3.8, 4) is 0 Å². The molecular weight excluding hydrogens is 388 g/mol. The Morgan fingerprint density at radius 1 is 1.42 bits per heavy atom. The largest absolute Gasteiger partial charge is 0.394 e. The summed E-state index contributed by atoms with van der Waals surface area (Å²) in [4.78, 5) is 18.7. The molecule has 146 valence electrons. The van der Waals surface area contributed by atoms with Crippen LogP contribution in [0.25, 0.3) is 0 Å². The molecule has 0 spiro atoms. The van der Waals surface area contributed by atoms with Crippen molar-refractivity contribution in [1.29, 1.82) is 0 Å². The molecule has 0 unspecified atom stereocenters. The van der Waals surface area contributed by atoms with Crippen LogP contribution in [0.1, 0.15) is 19.8 Å². The van der Waals surface area contributed by atoms with Crippen LogP contribution in [-0.4, -0.2) is 73.5 Å². The van der Waals surface area contributed by atoms with E-state index < -0.39 is 35.0 Å². The molecule has 1 aromatic rings. The molecule has 1 heterocycles. The Hall–Kier alpha value is -1.24. The number of nitrogens with zero attached hydrogens (tertiary/aromatic N) is 3. The molecule has 0 amide bonds. The van der Waals surface area contributed by atoms with Gasteiger partial charge in [-0.15, -0.1) is 0 Å². The maximum atomic E-state index is 11.3. The van der Waals surface area contributed by atoms with E-state index in [1.54, 1.807) is 0 Å². The van der Waals surface area contributed by atoms with Crippen LogP contribution in [0.15, 0.2) is 5.16 Å². The lowest BCUT2D eigenvalue weighted by molar-refractivity contribution is -0.384. The van der Waals surface area contributed by atoms with Crippen molar-refractivity contribution in [2.45, 2.75) is 49.3 Å². The lowest BCUT2D eigenvalue weighted by Crippen LogP contribution is -2.36. The van der Waals surface area contributed by atoms with Gasteiger partial charge in [-0.1, -0.05) is 30.3 Å². The third kappa shape index (κ3) is 4.93. The highest BCUT2D eigenvalue weighted by atomic mass is 35.5. The second kappa shape index (κ2) is 9.62. The number of aliphatic hydroxyl groups excluding tert-OH is 3. The number of nitrogens with one attached hydrogen (secondary N) is 1. The topological polar surface area (TPSA) is 151 Å². The van der Waals surface area contributed by atoms with E-state index in [0.29, 0.717) is 0 Å². The first-order valence-electron chi connectivity index (χ1n) is 8.08. The number of hydrogen-bond donors (Lipinski definition) is 4. The second-order valence-electron chi connectivity index (χ2n) is 5.70. The molecule has 4 atom stereocenters. The zero-order chi connectivity index (χ0) is 19.3. The molecule has 1 saturated carbocycles. The Labute approximate surface area is 159 Å². The van der Waals surface area contributed by atoms with E-state index >= 15 is 0 Å². The summed E-state index contributed by atoms with van der Waals surface area (Å²) in [5.74, 6) is 0.600. The van der Waals surface area contributed by atoms with E-state index in [0.717, 1.165) is 12.2 Å². The van der Waals surface area contributed by atoms with Crippen LogP contribution < -0.4 is 5.32 Å². The average molecular weight is 409 g/mol. The van der Waals surface area contributed by atoms with Gasteiger partial charge in [0.1, 0.15) is 12.2 Å². The average Bonchev–Trinajstić information content (AvgIpc) is 2.85. The summed E-state index contributed by atoms with van der Waals surface area (Å²) in [5.41, 5.74) is -0.492. The van der Waals surface area contributed by atoms with Gasteiger partial charge in [-0.05, 0) is 12.8 Å². The van der Waals surface area contributed by atoms with E-state index in [1.165, 1.54) is 11.8 Å². The minimum absolute atomic E-state index is 0.0124. The molecule has 4 N–H and O–H groups in total. The highest BCUT2D eigenvalue weighted by Gasteiger charge is 2.43. The third-order valence-electron chi connectivity index (χ3n) is 3.81. The summed E-state index contributed by atoms with van der Waals surface area (Å²) in [6.07, 6.45) is -2.08. The van der Waals surface area contributed by atoms with Gasteiger partial charge in [-0.25, -0.2) is 4.98 Å². The van der Waals surface area contributed by atoms with E-state index in [4.69, 9.17) is 21.4 Å². The minimum Gasteiger partial charge on any atom is -0.394 e. The first-order valence-corrected chi connectivity index (χ1v) is 9.45. The van der Waals surface area contributed by atoms with Crippen LogP contribution in [0.4, 0.5) is 11.5 Å². The number of ether oxygens (including phenoxy) is 1. The quantitative estimate of drug-likeness (QED) is 0.152. The fraction of sp³-hybridized carbons (Fsp3) is 0.714. The molecule has 2 rings (SSSR count). The Balaban J connectivity index is 2.23. The van der Waals surface area contributed by atoms with Crippen LogP contribution in [0.3, 0.4) is 0 Å². The third-order valence-corrected chi connectivity index (χ3v) is 5.13. The summed E-state index contributed by atoms with van der Waals surface area (Å²) < 4.78 is 5.28. The standard InChI is InChI=1S/C14H21ClN4O6S/c1-2-5-26-14-17-12(15)9(19(23)24)13(18-14)16-7-6-8(25-4-3-20)11(22)10(7)21/h7-8,10-11,20-22H,2-6H2,1H3,(H,16,17,18)/t7-,8+,10+,11-/m1/s1. The highest BCUT2D eigenvalue weighted by Crippen LogP contribution is 2.35. The molecule has 12 heteroatoms. The maximum absolute atomic E-state index is 11.3. The van der Waals surface area contributed by atoms with Crippen molar-refractivity contribution < 1.29 is 25.0 Å². The maximum Gasteiger partial charge on any atom is 0.348 e. The summed E-state index contributed by atoms with van der Waals surface area (Å²) >= 11 is 7.25. The number of aliphatic hydroxyl groups is 3. The van der Waals surface area contributed by atoms with Gasteiger partial charge < -0.3 is 25.4 Å². The molecule has 0 aromatic carbocycles. The van der Waals surface area contributed by atoms with Crippen molar-refractivity contribution in [1.82, 2.24) is 9.97 Å². The normalized spacial score (nSPS) is 25.4. The predicted octanol–water partition coefficient (Wildman–Crippen LogP) is 0.824. The van der Waals surface area contributed by atoms with Crippen LogP contribution in [0, 0.1) is 10.1 Å². The Morgan fingerprint density at radius 3 is 2.77 bits per heavy atom. The summed E-state index contributed by atoms with van der Waals surface area (Å²) in [6, 6.07) is -0.734. The van der Waals surface area contributed by atoms with E-state index in [9.17, 15) is 20.3 Å². The first-order chi connectivity index (χ1) is 12.4. The molecule has 1 aromatic heterocycles. The number of halogens is 1.